The van der Waals surface area contributed by atoms with Crippen LogP contribution in [-0.4, -0.2) is 43.7 Å². The molecule has 0 spiro atoms. The number of rotatable bonds is 5. The Bertz CT molecular complexity index is 505. The average molecular weight is 302 g/mol. The molecule has 0 atom stereocenters. The van der Waals surface area contributed by atoms with Crippen molar-refractivity contribution in [3.63, 3.8) is 0 Å². The van der Waals surface area contributed by atoms with Gasteiger partial charge in [-0.2, -0.15) is 0 Å². The summed E-state index contributed by atoms with van der Waals surface area (Å²) in [5, 5.41) is 2.85. The second-order valence-corrected chi connectivity index (χ2v) is 4.78. The SMILES string of the molecule is O=C(CCNCc1cc(F)c(F)cc1F)N1CCOCC1. The highest BCUT2D eigenvalue weighted by Crippen LogP contribution is 2.13. The molecule has 0 saturated carbocycles. The molecule has 1 amide bonds. The van der Waals surface area contributed by atoms with Crippen LogP contribution >= 0.6 is 0 Å². The Balaban J connectivity index is 1.74. The van der Waals surface area contributed by atoms with Gasteiger partial charge in [-0.1, -0.05) is 0 Å². The molecule has 2 rings (SSSR count). The first kappa shape index (κ1) is 15.8. The normalized spacial score (nSPS) is 15.3. The van der Waals surface area contributed by atoms with Crippen LogP contribution in [0.1, 0.15) is 12.0 Å². The summed E-state index contributed by atoms with van der Waals surface area (Å²) in [6.07, 6.45) is 0.269. The predicted octanol–water partition coefficient (Wildman–Crippen LogP) is 1.44. The van der Waals surface area contributed by atoms with Crippen LogP contribution in [-0.2, 0) is 16.1 Å². The molecule has 1 aliphatic heterocycles. The van der Waals surface area contributed by atoms with Crippen molar-refractivity contribution in [3.05, 3.63) is 35.1 Å². The van der Waals surface area contributed by atoms with Gasteiger partial charge in [0.25, 0.3) is 0 Å². The average Bonchev–Trinajstić information content (AvgIpc) is 2.49. The van der Waals surface area contributed by atoms with Crippen LogP contribution < -0.4 is 5.32 Å². The van der Waals surface area contributed by atoms with Crippen molar-refractivity contribution in [1.82, 2.24) is 10.2 Å². The molecule has 0 radical (unpaired) electrons. The first-order chi connectivity index (χ1) is 10.1. The Kier molecular flexibility index (Phi) is 5.58. The minimum Gasteiger partial charge on any atom is -0.378 e. The molecule has 1 saturated heterocycles. The van der Waals surface area contributed by atoms with E-state index in [1.165, 1.54) is 0 Å². The maximum atomic E-state index is 13.4. The van der Waals surface area contributed by atoms with E-state index in [4.69, 9.17) is 4.74 Å². The highest BCUT2D eigenvalue weighted by atomic mass is 19.2. The molecule has 1 aromatic carbocycles. The fourth-order valence-electron chi connectivity index (χ4n) is 2.09. The lowest BCUT2D eigenvalue weighted by Crippen LogP contribution is -2.41. The molecule has 116 valence electrons. The number of hydrogen-bond donors (Lipinski definition) is 1. The number of morpholine rings is 1. The molecule has 0 aliphatic carbocycles. The number of nitrogens with zero attached hydrogens (tertiary/aromatic N) is 1. The lowest BCUT2D eigenvalue weighted by atomic mass is 10.2. The Morgan fingerprint density at radius 3 is 2.52 bits per heavy atom. The van der Waals surface area contributed by atoms with E-state index < -0.39 is 17.5 Å². The van der Waals surface area contributed by atoms with E-state index in [2.05, 4.69) is 5.32 Å². The molecule has 7 heteroatoms. The van der Waals surface area contributed by atoms with Gasteiger partial charge in [0.15, 0.2) is 11.6 Å². The van der Waals surface area contributed by atoms with Crippen LogP contribution in [0.3, 0.4) is 0 Å². The summed E-state index contributed by atoms with van der Waals surface area (Å²) in [5.74, 6) is -3.10. The molecule has 1 N–H and O–H groups in total. The minimum atomic E-state index is -1.21. The van der Waals surface area contributed by atoms with Gasteiger partial charge in [-0.15, -0.1) is 0 Å². The molecular weight excluding hydrogens is 285 g/mol. The summed E-state index contributed by atoms with van der Waals surface area (Å²) in [6, 6.07) is 1.34. The van der Waals surface area contributed by atoms with E-state index in [0.717, 1.165) is 6.07 Å². The molecule has 1 heterocycles. The third kappa shape index (κ3) is 4.44. The quantitative estimate of drug-likeness (QED) is 0.661. The third-order valence-corrected chi connectivity index (χ3v) is 3.28. The highest BCUT2D eigenvalue weighted by Gasteiger charge is 2.16. The van der Waals surface area contributed by atoms with Gasteiger partial charge in [0.1, 0.15) is 5.82 Å². The van der Waals surface area contributed by atoms with E-state index in [0.29, 0.717) is 38.9 Å². The van der Waals surface area contributed by atoms with Gasteiger partial charge < -0.3 is 15.0 Å². The van der Waals surface area contributed by atoms with Crippen molar-refractivity contribution < 1.29 is 22.7 Å². The lowest BCUT2D eigenvalue weighted by Gasteiger charge is -2.26. The van der Waals surface area contributed by atoms with Crippen LogP contribution in [0.4, 0.5) is 13.2 Å². The highest BCUT2D eigenvalue weighted by molar-refractivity contribution is 5.76. The second-order valence-electron chi connectivity index (χ2n) is 4.78. The molecule has 4 nitrogen and oxygen atoms in total. The van der Waals surface area contributed by atoms with Crippen molar-refractivity contribution in [3.8, 4) is 0 Å². The van der Waals surface area contributed by atoms with Crippen LogP contribution in [0.2, 0.25) is 0 Å². The van der Waals surface area contributed by atoms with Gasteiger partial charge in [0.05, 0.1) is 13.2 Å². The van der Waals surface area contributed by atoms with Gasteiger partial charge in [-0.05, 0) is 6.07 Å². The van der Waals surface area contributed by atoms with Gasteiger partial charge in [0.2, 0.25) is 5.91 Å². The first-order valence-corrected chi connectivity index (χ1v) is 6.77. The lowest BCUT2D eigenvalue weighted by molar-refractivity contribution is -0.135. The van der Waals surface area contributed by atoms with Crippen molar-refractivity contribution in [2.24, 2.45) is 0 Å². The van der Waals surface area contributed by atoms with Crippen molar-refractivity contribution in [1.29, 1.82) is 0 Å². The Labute approximate surface area is 120 Å². The zero-order valence-electron chi connectivity index (χ0n) is 11.5. The summed E-state index contributed by atoms with van der Waals surface area (Å²) < 4.78 is 44.3. The summed E-state index contributed by atoms with van der Waals surface area (Å²) in [4.78, 5) is 13.5. The smallest absolute Gasteiger partial charge is 0.224 e. The van der Waals surface area contributed by atoms with Crippen molar-refractivity contribution >= 4 is 5.91 Å². The second kappa shape index (κ2) is 7.42. The number of benzene rings is 1. The molecule has 0 unspecified atom stereocenters. The monoisotopic (exact) mass is 302 g/mol. The van der Waals surface area contributed by atoms with Crippen molar-refractivity contribution in [2.45, 2.75) is 13.0 Å². The van der Waals surface area contributed by atoms with Gasteiger partial charge in [-0.3, -0.25) is 4.79 Å². The van der Waals surface area contributed by atoms with E-state index in [1.54, 1.807) is 4.90 Å². The topological polar surface area (TPSA) is 41.6 Å². The number of hydrogen-bond acceptors (Lipinski definition) is 3. The minimum absolute atomic E-state index is 0.00319. The van der Waals surface area contributed by atoms with Gasteiger partial charge >= 0.3 is 0 Å². The Morgan fingerprint density at radius 1 is 1.14 bits per heavy atom. The molecule has 21 heavy (non-hydrogen) atoms. The maximum absolute atomic E-state index is 13.4. The number of halogens is 3. The molecule has 0 aromatic heterocycles. The third-order valence-electron chi connectivity index (χ3n) is 3.28. The molecule has 0 bridgehead atoms. The summed E-state index contributed by atoms with van der Waals surface area (Å²) in [7, 11) is 0. The summed E-state index contributed by atoms with van der Waals surface area (Å²) in [6.45, 7) is 2.62. The number of amides is 1. The van der Waals surface area contributed by atoms with E-state index in [9.17, 15) is 18.0 Å². The molecule has 1 aromatic rings. The molecule has 1 aliphatic rings. The Morgan fingerprint density at radius 2 is 1.81 bits per heavy atom. The van der Waals surface area contributed by atoms with Gasteiger partial charge in [-0.25, -0.2) is 13.2 Å². The summed E-state index contributed by atoms with van der Waals surface area (Å²) in [5.41, 5.74) is 0.0349. The number of nitrogens with one attached hydrogen (secondary N) is 1. The molecule has 1 fully saturated rings. The Hall–Kier alpha value is -1.60. The first-order valence-electron chi connectivity index (χ1n) is 6.77. The van der Waals surface area contributed by atoms with E-state index in [-0.39, 0.29) is 24.4 Å². The number of carbonyl (C=O) groups is 1. The number of carbonyl (C=O) groups excluding carboxylic acids is 1. The fourth-order valence-corrected chi connectivity index (χ4v) is 2.09. The van der Waals surface area contributed by atoms with Crippen LogP contribution in [0.5, 0.6) is 0 Å². The van der Waals surface area contributed by atoms with Crippen molar-refractivity contribution in [2.75, 3.05) is 32.8 Å². The fraction of sp³-hybridized carbons (Fsp3) is 0.500. The van der Waals surface area contributed by atoms with Crippen LogP contribution in [0.25, 0.3) is 0 Å². The number of ether oxygens (including phenoxy) is 1. The predicted molar refractivity (Wildman–Crippen MR) is 70.0 cm³/mol. The maximum Gasteiger partial charge on any atom is 0.224 e. The van der Waals surface area contributed by atoms with E-state index >= 15 is 0 Å². The molecular formula is C14H17F3N2O2. The van der Waals surface area contributed by atoms with Crippen LogP contribution in [0, 0.1) is 17.5 Å². The summed E-state index contributed by atoms with van der Waals surface area (Å²) >= 11 is 0. The largest absolute Gasteiger partial charge is 0.378 e. The zero-order chi connectivity index (χ0) is 15.2. The van der Waals surface area contributed by atoms with Gasteiger partial charge in [0, 0.05) is 44.2 Å². The standard InChI is InChI=1S/C14H17F3N2O2/c15-11-8-13(17)12(16)7-10(11)9-18-2-1-14(20)19-3-5-21-6-4-19/h7-8,18H,1-6,9H2. The van der Waals surface area contributed by atoms with E-state index in [1.807, 2.05) is 0 Å². The zero-order valence-corrected chi connectivity index (χ0v) is 11.5. The van der Waals surface area contributed by atoms with Crippen LogP contribution in [0.15, 0.2) is 12.1 Å².